The van der Waals surface area contributed by atoms with Gasteiger partial charge in [0.2, 0.25) is 0 Å². The van der Waals surface area contributed by atoms with Crippen LogP contribution in [0.2, 0.25) is 0 Å². The van der Waals surface area contributed by atoms with Crippen molar-refractivity contribution in [2.24, 2.45) is 0 Å². The highest BCUT2D eigenvalue weighted by Gasteiger charge is 2.11. The summed E-state index contributed by atoms with van der Waals surface area (Å²) >= 11 is 0. The van der Waals surface area contributed by atoms with Crippen LogP contribution in [-0.4, -0.2) is 7.11 Å². The molecule has 23 heavy (non-hydrogen) atoms. The van der Waals surface area contributed by atoms with Crippen LogP contribution in [-0.2, 0) is 0 Å². The molecule has 0 atom stereocenters. The predicted molar refractivity (Wildman–Crippen MR) is 98.1 cm³/mol. The highest BCUT2D eigenvalue weighted by molar-refractivity contribution is 5.80. The van der Waals surface area contributed by atoms with E-state index in [1.54, 1.807) is 7.11 Å². The summed E-state index contributed by atoms with van der Waals surface area (Å²) < 4.78 is 5.54. The van der Waals surface area contributed by atoms with Gasteiger partial charge in [0.25, 0.3) is 0 Å². The monoisotopic (exact) mass is 302 g/mol. The van der Waals surface area contributed by atoms with Crippen LogP contribution < -0.4 is 4.74 Å². The largest absolute Gasteiger partial charge is 0.497 e. The van der Waals surface area contributed by atoms with Gasteiger partial charge in [-0.3, -0.25) is 0 Å². The zero-order valence-electron chi connectivity index (χ0n) is 14.2. The predicted octanol–water partition coefficient (Wildman–Crippen LogP) is 5.95. The molecule has 0 amide bonds. The lowest BCUT2D eigenvalue weighted by molar-refractivity contribution is 0.415. The van der Waals surface area contributed by atoms with Crippen molar-refractivity contribution in [2.75, 3.05) is 7.11 Å². The second kappa shape index (κ2) is 6.29. The third-order valence-electron chi connectivity index (χ3n) is 4.34. The number of ether oxygens (including phenoxy) is 1. The fraction of sp³-hybridized carbons (Fsp3) is 0.182. The minimum Gasteiger partial charge on any atom is -0.497 e. The summed E-state index contributed by atoms with van der Waals surface area (Å²) in [5, 5.41) is 0. The topological polar surface area (TPSA) is 9.23 Å². The van der Waals surface area contributed by atoms with Gasteiger partial charge >= 0.3 is 0 Å². The van der Waals surface area contributed by atoms with Gasteiger partial charge in [-0.1, -0.05) is 59.7 Å². The number of aryl methyl sites for hydroxylation is 2. The maximum atomic E-state index is 5.54. The van der Waals surface area contributed by atoms with E-state index in [9.17, 15) is 0 Å². The Hall–Kier alpha value is -2.54. The molecule has 0 aliphatic carbocycles. The first-order valence-electron chi connectivity index (χ1n) is 7.91. The second-order valence-corrected chi connectivity index (χ2v) is 6.08. The number of hydrogen-bond donors (Lipinski definition) is 0. The Balaban J connectivity index is 2.19. The van der Waals surface area contributed by atoms with Crippen molar-refractivity contribution in [3.8, 4) is 28.0 Å². The van der Waals surface area contributed by atoms with E-state index in [1.807, 2.05) is 0 Å². The van der Waals surface area contributed by atoms with Gasteiger partial charge in [-0.15, -0.1) is 0 Å². The van der Waals surface area contributed by atoms with Crippen molar-refractivity contribution in [1.29, 1.82) is 0 Å². The molecule has 0 aromatic heterocycles. The van der Waals surface area contributed by atoms with Gasteiger partial charge < -0.3 is 4.74 Å². The number of methoxy groups -OCH3 is 1. The molecule has 0 N–H and O–H groups in total. The Kier molecular flexibility index (Phi) is 4.20. The zero-order valence-corrected chi connectivity index (χ0v) is 14.2. The van der Waals surface area contributed by atoms with E-state index in [0.717, 1.165) is 5.75 Å². The first kappa shape index (κ1) is 15.4. The van der Waals surface area contributed by atoms with Gasteiger partial charge in [0.05, 0.1) is 7.11 Å². The standard InChI is InChI=1S/C22H22O/c1-15-5-9-18(10-6-15)21-13-20(23-4)14-22(17(21)3)19-11-7-16(2)8-12-19/h5-14H,1-4H3. The van der Waals surface area contributed by atoms with Crippen LogP contribution in [0, 0.1) is 20.8 Å². The van der Waals surface area contributed by atoms with Crippen LogP contribution in [0.15, 0.2) is 60.7 Å². The Morgan fingerprint density at radius 2 is 1.00 bits per heavy atom. The molecule has 3 aromatic rings. The smallest absolute Gasteiger partial charge is 0.120 e. The summed E-state index contributed by atoms with van der Waals surface area (Å²) in [6.07, 6.45) is 0. The molecule has 0 saturated carbocycles. The van der Waals surface area contributed by atoms with Gasteiger partial charge in [-0.05, 0) is 60.7 Å². The molecule has 0 aliphatic heterocycles. The Bertz CT molecular complexity index is 745. The number of hydrogen-bond acceptors (Lipinski definition) is 1. The summed E-state index contributed by atoms with van der Waals surface area (Å²) in [5.74, 6) is 0.891. The molecule has 0 radical (unpaired) electrons. The van der Waals surface area contributed by atoms with Crippen LogP contribution in [0.3, 0.4) is 0 Å². The van der Waals surface area contributed by atoms with E-state index in [4.69, 9.17) is 4.74 Å². The fourth-order valence-corrected chi connectivity index (χ4v) is 2.87. The van der Waals surface area contributed by atoms with E-state index in [2.05, 4.69) is 81.4 Å². The highest BCUT2D eigenvalue weighted by Crippen LogP contribution is 2.36. The van der Waals surface area contributed by atoms with Gasteiger partial charge in [-0.25, -0.2) is 0 Å². The maximum absolute atomic E-state index is 5.54. The molecule has 1 nitrogen and oxygen atoms in total. The van der Waals surface area contributed by atoms with E-state index < -0.39 is 0 Å². The van der Waals surface area contributed by atoms with E-state index >= 15 is 0 Å². The summed E-state index contributed by atoms with van der Waals surface area (Å²) in [6, 6.07) is 21.6. The van der Waals surface area contributed by atoms with E-state index in [0.29, 0.717) is 0 Å². The molecular formula is C22H22O. The normalized spacial score (nSPS) is 10.6. The molecule has 0 heterocycles. The van der Waals surface area contributed by atoms with Gasteiger partial charge in [0.15, 0.2) is 0 Å². The van der Waals surface area contributed by atoms with Crippen LogP contribution in [0.25, 0.3) is 22.3 Å². The van der Waals surface area contributed by atoms with Crippen molar-refractivity contribution in [1.82, 2.24) is 0 Å². The van der Waals surface area contributed by atoms with E-state index in [-0.39, 0.29) is 0 Å². The molecule has 0 unspecified atom stereocenters. The van der Waals surface area contributed by atoms with Gasteiger partial charge in [-0.2, -0.15) is 0 Å². The quantitative estimate of drug-likeness (QED) is 0.580. The van der Waals surface area contributed by atoms with Crippen molar-refractivity contribution in [3.05, 3.63) is 77.4 Å². The summed E-state index contributed by atoms with van der Waals surface area (Å²) in [7, 11) is 1.72. The van der Waals surface area contributed by atoms with Crippen LogP contribution in [0.5, 0.6) is 5.75 Å². The lowest BCUT2D eigenvalue weighted by Gasteiger charge is -2.15. The van der Waals surface area contributed by atoms with Crippen molar-refractivity contribution < 1.29 is 4.74 Å². The number of benzene rings is 3. The summed E-state index contributed by atoms with van der Waals surface area (Å²) in [4.78, 5) is 0. The molecule has 0 aliphatic rings. The summed E-state index contributed by atoms with van der Waals surface area (Å²) in [6.45, 7) is 6.41. The molecule has 0 spiro atoms. The third-order valence-corrected chi connectivity index (χ3v) is 4.34. The molecule has 3 rings (SSSR count). The first-order chi connectivity index (χ1) is 11.1. The van der Waals surface area contributed by atoms with Crippen molar-refractivity contribution in [3.63, 3.8) is 0 Å². The van der Waals surface area contributed by atoms with Crippen LogP contribution in [0.1, 0.15) is 16.7 Å². The van der Waals surface area contributed by atoms with Gasteiger partial charge in [0, 0.05) is 0 Å². The van der Waals surface area contributed by atoms with Crippen LogP contribution in [0.4, 0.5) is 0 Å². The lowest BCUT2D eigenvalue weighted by Crippen LogP contribution is -1.92. The molecule has 0 fully saturated rings. The number of rotatable bonds is 3. The minimum atomic E-state index is 0.891. The molecular weight excluding hydrogens is 280 g/mol. The SMILES string of the molecule is COc1cc(-c2ccc(C)cc2)c(C)c(-c2ccc(C)cc2)c1. The molecule has 1 heteroatoms. The Labute approximate surface area is 138 Å². The van der Waals surface area contributed by atoms with E-state index in [1.165, 1.54) is 38.9 Å². The molecule has 116 valence electrons. The Morgan fingerprint density at radius 1 is 0.609 bits per heavy atom. The second-order valence-electron chi connectivity index (χ2n) is 6.08. The lowest BCUT2D eigenvalue weighted by atomic mass is 9.91. The first-order valence-corrected chi connectivity index (χ1v) is 7.91. The summed E-state index contributed by atoms with van der Waals surface area (Å²) in [5.41, 5.74) is 8.71. The average Bonchev–Trinajstić information content (AvgIpc) is 2.57. The zero-order chi connectivity index (χ0) is 16.4. The molecule has 3 aromatic carbocycles. The Morgan fingerprint density at radius 3 is 1.35 bits per heavy atom. The van der Waals surface area contributed by atoms with Crippen LogP contribution >= 0.6 is 0 Å². The highest BCUT2D eigenvalue weighted by atomic mass is 16.5. The van der Waals surface area contributed by atoms with Crippen molar-refractivity contribution >= 4 is 0 Å². The van der Waals surface area contributed by atoms with Gasteiger partial charge in [0.1, 0.15) is 5.75 Å². The van der Waals surface area contributed by atoms with Crippen molar-refractivity contribution in [2.45, 2.75) is 20.8 Å². The fourth-order valence-electron chi connectivity index (χ4n) is 2.87. The molecule has 0 saturated heterocycles. The molecule has 0 bridgehead atoms. The minimum absolute atomic E-state index is 0.891. The third kappa shape index (κ3) is 3.14. The average molecular weight is 302 g/mol. The maximum Gasteiger partial charge on any atom is 0.120 e.